The Balaban J connectivity index is 1.46. The maximum absolute atomic E-state index is 12.8. The van der Waals surface area contributed by atoms with Crippen LogP contribution in [0.15, 0.2) is 42.5 Å². The third kappa shape index (κ3) is 2.33. The number of amides is 1. The van der Waals surface area contributed by atoms with Crippen LogP contribution in [0.3, 0.4) is 0 Å². The number of piperidine rings is 3. The van der Waals surface area contributed by atoms with Crippen LogP contribution < -0.4 is 5.32 Å². The Bertz CT molecular complexity index is 924. The van der Waals surface area contributed by atoms with Gasteiger partial charge in [0.2, 0.25) is 0 Å². The molecule has 1 atom stereocenters. The normalized spacial score (nSPS) is 26.1. The van der Waals surface area contributed by atoms with Crippen LogP contribution in [0.25, 0.3) is 20.9 Å². The van der Waals surface area contributed by atoms with E-state index in [2.05, 4.69) is 46.6 Å². The topological polar surface area (TPSA) is 32.3 Å². The molecule has 3 fully saturated rings. The van der Waals surface area contributed by atoms with Gasteiger partial charge >= 0.3 is 0 Å². The molecule has 4 heterocycles. The Morgan fingerprint density at radius 2 is 1.88 bits per heavy atom. The van der Waals surface area contributed by atoms with Crippen LogP contribution in [-0.2, 0) is 0 Å². The molecule has 24 heavy (non-hydrogen) atoms. The van der Waals surface area contributed by atoms with Crippen LogP contribution in [0.2, 0.25) is 0 Å². The molecule has 4 heteroatoms. The molecule has 122 valence electrons. The second kappa shape index (κ2) is 5.57. The first-order valence-corrected chi connectivity index (χ1v) is 9.54. The largest absolute Gasteiger partial charge is 0.347 e. The fraction of sp³-hybridized carbons (Fsp3) is 0.350. The third-order valence-electron chi connectivity index (χ3n) is 5.61. The summed E-state index contributed by atoms with van der Waals surface area (Å²) in [6.07, 6.45) is 2.45. The molecule has 2 aromatic carbocycles. The highest BCUT2D eigenvalue weighted by Gasteiger charge is 2.35. The first-order chi connectivity index (χ1) is 11.8. The molecule has 1 aromatic heterocycles. The average Bonchev–Trinajstić information content (AvgIpc) is 3.08. The first-order valence-electron chi connectivity index (χ1n) is 8.72. The Kier molecular flexibility index (Phi) is 3.35. The SMILES string of the molecule is O=C(NC1CN2CCC1CC2)c1cc2ccc3ccccc3c2s1. The lowest BCUT2D eigenvalue weighted by atomic mass is 9.84. The summed E-state index contributed by atoms with van der Waals surface area (Å²) in [7, 11) is 0. The fourth-order valence-electron chi connectivity index (χ4n) is 4.25. The number of nitrogens with zero attached hydrogens (tertiary/aromatic N) is 1. The van der Waals surface area contributed by atoms with Crippen molar-refractivity contribution < 1.29 is 4.79 Å². The zero-order chi connectivity index (χ0) is 16.1. The van der Waals surface area contributed by atoms with Crippen molar-refractivity contribution in [3.63, 3.8) is 0 Å². The van der Waals surface area contributed by atoms with Gasteiger partial charge in [0.25, 0.3) is 5.91 Å². The predicted octanol–water partition coefficient (Wildman–Crippen LogP) is 3.88. The van der Waals surface area contributed by atoms with E-state index in [4.69, 9.17) is 0 Å². The van der Waals surface area contributed by atoms with Gasteiger partial charge in [-0.2, -0.15) is 0 Å². The monoisotopic (exact) mass is 336 g/mol. The summed E-state index contributed by atoms with van der Waals surface area (Å²) in [6, 6.07) is 15.0. The maximum atomic E-state index is 12.8. The van der Waals surface area contributed by atoms with Gasteiger partial charge in [-0.15, -0.1) is 11.3 Å². The number of hydrogen-bond acceptors (Lipinski definition) is 3. The summed E-state index contributed by atoms with van der Waals surface area (Å²) in [4.78, 5) is 16.1. The van der Waals surface area contributed by atoms with E-state index < -0.39 is 0 Å². The van der Waals surface area contributed by atoms with E-state index in [1.54, 1.807) is 11.3 Å². The van der Waals surface area contributed by atoms with Crippen molar-refractivity contribution in [1.29, 1.82) is 0 Å². The van der Waals surface area contributed by atoms with Gasteiger partial charge in [0, 0.05) is 17.3 Å². The third-order valence-corrected chi connectivity index (χ3v) is 6.79. The standard InChI is InChI=1S/C20H20N2OS/c23-20(21-17-12-22-9-7-14(17)8-10-22)18-11-15-6-5-13-3-1-2-4-16(13)19(15)24-18/h1-6,11,14,17H,7-10,12H2,(H,21,23). The minimum absolute atomic E-state index is 0.0963. The van der Waals surface area contributed by atoms with Crippen LogP contribution in [0.5, 0.6) is 0 Å². The van der Waals surface area contributed by atoms with E-state index in [-0.39, 0.29) is 5.91 Å². The lowest BCUT2D eigenvalue weighted by Crippen LogP contribution is -2.57. The minimum Gasteiger partial charge on any atom is -0.347 e. The van der Waals surface area contributed by atoms with Crippen molar-refractivity contribution in [3.05, 3.63) is 47.3 Å². The number of carbonyl (C=O) groups is 1. The smallest absolute Gasteiger partial charge is 0.261 e. The first kappa shape index (κ1) is 14.4. The molecular weight excluding hydrogens is 316 g/mol. The van der Waals surface area contributed by atoms with Crippen molar-refractivity contribution in [1.82, 2.24) is 10.2 Å². The van der Waals surface area contributed by atoms with Gasteiger partial charge in [-0.1, -0.05) is 36.4 Å². The second-order valence-corrected chi connectivity index (χ2v) is 8.09. The van der Waals surface area contributed by atoms with Gasteiger partial charge in [0.05, 0.1) is 4.88 Å². The molecule has 2 bridgehead atoms. The molecule has 3 aliphatic rings. The Morgan fingerprint density at radius 1 is 1.08 bits per heavy atom. The van der Waals surface area contributed by atoms with Crippen LogP contribution in [0.4, 0.5) is 0 Å². The van der Waals surface area contributed by atoms with E-state index >= 15 is 0 Å². The zero-order valence-electron chi connectivity index (χ0n) is 13.5. The molecule has 0 saturated carbocycles. The molecule has 1 unspecified atom stereocenters. The molecule has 0 radical (unpaired) electrons. The van der Waals surface area contributed by atoms with Gasteiger partial charge in [-0.05, 0) is 54.1 Å². The highest BCUT2D eigenvalue weighted by atomic mass is 32.1. The Hall–Kier alpha value is -1.91. The lowest BCUT2D eigenvalue weighted by Gasteiger charge is -2.44. The van der Waals surface area contributed by atoms with Crippen LogP contribution in [0.1, 0.15) is 22.5 Å². The summed E-state index contributed by atoms with van der Waals surface area (Å²) in [5.41, 5.74) is 0. The average molecular weight is 336 g/mol. The minimum atomic E-state index is 0.0963. The van der Waals surface area contributed by atoms with Crippen molar-refractivity contribution in [3.8, 4) is 0 Å². The van der Waals surface area contributed by atoms with E-state index in [9.17, 15) is 4.79 Å². The van der Waals surface area contributed by atoms with Gasteiger partial charge < -0.3 is 10.2 Å². The Morgan fingerprint density at radius 3 is 2.67 bits per heavy atom. The second-order valence-electron chi connectivity index (χ2n) is 7.03. The molecule has 1 N–H and O–H groups in total. The van der Waals surface area contributed by atoms with E-state index in [0.29, 0.717) is 12.0 Å². The van der Waals surface area contributed by atoms with Gasteiger partial charge in [-0.25, -0.2) is 0 Å². The van der Waals surface area contributed by atoms with Gasteiger partial charge in [0.1, 0.15) is 0 Å². The molecule has 0 aliphatic carbocycles. The summed E-state index contributed by atoms with van der Waals surface area (Å²) in [5.74, 6) is 0.758. The van der Waals surface area contributed by atoms with Crippen LogP contribution in [0, 0.1) is 5.92 Å². The van der Waals surface area contributed by atoms with Crippen LogP contribution in [-0.4, -0.2) is 36.5 Å². The molecule has 3 nitrogen and oxygen atoms in total. The van der Waals surface area contributed by atoms with Crippen molar-refractivity contribution in [2.45, 2.75) is 18.9 Å². The quantitative estimate of drug-likeness (QED) is 0.770. The number of nitrogens with one attached hydrogen (secondary N) is 1. The molecule has 0 spiro atoms. The molecule has 3 saturated heterocycles. The molecule has 3 aliphatic heterocycles. The van der Waals surface area contributed by atoms with Gasteiger partial charge in [-0.3, -0.25) is 4.79 Å². The number of hydrogen-bond donors (Lipinski definition) is 1. The molecule has 1 amide bonds. The number of rotatable bonds is 2. The van der Waals surface area contributed by atoms with Crippen LogP contribution >= 0.6 is 11.3 Å². The number of fused-ring (bicyclic) bond motifs is 6. The maximum Gasteiger partial charge on any atom is 0.261 e. The summed E-state index contributed by atoms with van der Waals surface area (Å²) >= 11 is 1.62. The lowest BCUT2D eigenvalue weighted by molar-refractivity contribution is 0.0622. The number of thiophene rings is 1. The molecule has 3 aromatic rings. The molecule has 6 rings (SSSR count). The van der Waals surface area contributed by atoms with Crippen molar-refractivity contribution in [2.24, 2.45) is 5.92 Å². The Labute approximate surface area is 145 Å². The van der Waals surface area contributed by atoms with E-state index in [1.807, 2.05) is 6.07 Å². The summed E-state index contributed by atoms with van der Waals surface area (Å²) in [6.45, 7) is 3.42. The predicted molar refractivity (Wildman–Crippen MR) is 99.7 cm³/mol. The van der Waals surface area contributed by atoms with E-state index in [1.165, 1.54) is 41.4 Å². The highest BCUT2D eigenvalue weighted by molar-refractivity contribution is 7.21. The van der Waals surface area contributed by atoms with Gasteiger partial charge in [0.15, 0.2) is 0 Å². The fourth-order valence-corrected chi connectivity index (χ4v) is 5.35. The highest BCUT2D eigenvalue weighted by Crippen LogP contribution is 2.33. The summed E-state index contributed by atoms with van der Waals surface area (Å²) in [5, 5.41) is 6.94. The van der Waals surface area contributed by atoms with E-state index in [0.717, 1.165) is 16.8 Å². The summed E-state index contributed by atoms with van der Waals surface area (Å²) < 4.78 is 1.21. The molecular formula is C20H20N2OS. The van der Waals surface area contributed by atoms with Crippen molar-refractivity contribution >= 4 is 38.1 Å². The number of carbonyl (C=O) groups excluding carboxylic acids is 1. The number of benzene rings is 2. The zero-order valence-corrected chi connectivity index (χ0v) is 14.3. The van der Waals surface area contributed by atoms with Crippen molar-refractivity contribution in [2.75, 3.05) is 19.6 Å².